The molecule has 0 radical (unpaired) electrons. The van der Waals surface area contributed by atoms with E-state index in [1.165, 1.54) is 0 Å². The largest absolute Gasteiger partial charge is 0.444 e. The first kappa shape index (κ1) is 22.1. The second-order valence-corrected chi connectivity index (χ2v) is 8.55. The summed E-state index contributed by atoms with van der Waals surface area (Å²) >= 11 is 0. The maximum Gasteiger partial charge on any atom is 0.410 e. The van der Waals surface area contributed by atoms with Crippen LogP contribution in [0.3, 0.4) is 0 Å². The molecule has 1 N–H and O–H groups in total. The first-order chi connectivity index (χ1) is 13.2. The number of aliphatic imine (C=N–C) groups is 1. The molecule has 1 unspecified atom stereocenters. The Kier molecular flexibility index (Phi) is 7.75. The van der Waals surface area contributed by atoms with Crippen molar-refractivity contribution in [2.75, 3.05) is 32.7 Å². The zero-order valence-corrected chi connectivity index (χ0v) is 17.8. The summed E-state index contributed by atoms with van der Waals surface area (Å²) in [5, 5.41) is 8.65. The van der Waals surface area contributed by atoms with E-state index in [9.17, 15) is 4.79 Å². The minimum absolute atomic E-state index is 0.0714. The van der Waals surface area contributed by atoms with Crippen LogP contribution in [0.25, 0.3) is 0 Å². The number of carbonyl (C=O) groups excluding carboxylic acids is 1. The van der Waals surface area contributed by atoms with Gasteiger partial charge in [0.25, 0.3) is 0 Å². The Morgan fingerprint density at radius 3 is 2.32 bits per heavy atom. The second-order valence-electron chi connectivity index (χ2n) is 8.55. The van der Waals surface area contributed by atoms with Crippen LogP contribution in [0.5, 0.6) is 0 Å². The van der Waals surface area contributed by atoms with Gasteiger partial charge in [0.15, 0.2) is 0 Å². The van der Waals surface area contributed by atoms with Gasteiger partial charge in [-0.3, -0.25) is 9.89 Å². The topological polar surface area (TPSA) is 69.0 Å². The van der Waals surface area contributed by atoms with Gasteiger partial charge in [0, 0.05) is 56.6 Å². The summed E-state index contributed by atoms with van der Waals surface area (Å²) in [6, 6.07) is 10.0. The predicted molar refractivity (Wildman–Crippen MR) is 115 cm³/mol. The molecule has 0 bridgehead atoms. The Labute approximate surface area is 169 Å². The molecule has 6 heteroatoms. The summed E-state index contributed by atoms with van der Waals surface area (Å²) in [6.45, 7) is 13.3. The molecular formula is C22H34N4O2. The Balaban J connectivity index is 1.98. The lowest BCUT2D eigenvalue weighted by molar-refractivity contribution is 0.0144. The molecule has 154 valence electrons. The van der Waals surface area contributed by atoms with E-state index >= 15 is 0 Å². The molecule has 1 aromatic rings. The van der Waals surface area contributed by atoms with E-state index < -0.39 is 5.60 Å². The highest BCUT2D eigenvalue weighted by atomic mass is 16.6. The number of ether oxygens (including phenoxy) is 1. The molecule has 0 aromatic heterocycles. The van der Waals surface area contributed by atoms with E-state index in [0.717, 1.165) is 25.2 Å². The number of piperazine rings is 1. The summed E-state index contributed by atoms with van der Waals surface area (Å²) in [7, 11) is 0. The van der Waals surface area contributed by atoms with Crippen molar-refractivity contribution in [2.45, 2.75) is 46.3 Å². The Hall–Kier alpha value is -2.21. The fourth-order valence-electron chi connectivity index (χ4n) is 3.04. The number of hydrogen-bond acceptors (Lipinski definition) is 5. The van der Waals surface area contributed by atoms with Gasteiger partial charge in [0.1, 0.15) is 5.60 Å². The van der Waals surface area contributed by atoms with E-state index in [0.29, 0.717) is 18.8 Å². The average Bonchev–Trinajstić information content (AvgIpc) is 2.64. The van der Waals surface area contributed by atoms with Crippen LogP contribution in [0.2, 0.25) is 0 Å². The molecule has 1 aliphatic heterocycles. The van der Waals surface area contributed by atoms with Gasteiger partial charge < -0.3 is 15.0 Å². The number of carbonyl (C=O) groups is 1. The third-order valence-electron chi connectivity index (χ3n) is 4.50. The zero-order chi connectivity index (χ0) is 20.7. The van der Waals surface area contributed by atoms with Crippen molar-refractivity contribution >= 4 is 18.0 Å². The van der Waals surface area contributed by atoms with E-state index in [2.05, 4.69) is 9.89 Å². The lowest BCUT2D eigenvalue weighted by Gasteiger charge is -2.36. The number of rotatable bonds is 6. The van der Waals surface area contributed by atoms with Gasteiger partial charge in [-0.2, -0.15) is 0 Å². The molecule has 1 amide bonds. The molecule has 1 atom stereocenters. The summed E-state index contributed by atoms with van der Waals surface area (Å²) in [4.78, 5) is 20.9. The first-order valence-electron chi connectivity index (χ1n) is 10.0. The second kappa shape index (κ2) is 9.82. The number of benzene rings is 1. The summed E-state index contributed by atoms with van der Waals surface area (Å²) in [5.41, 5.74) is 1.03. The smallest absolute Gasteiger partial charge is 0.410 e. The van der Waals surface area contributed by atoms with E-state index in [4.69, 9.17) is 10.1 Å². The van der Waals surface area contributed by atoms with Crippen molar-refractivity contribution < 1.29 is 9.53 Å². The zero-order valence-electron chi connectivity index (χ0n) is 17.8. The van der Waals surface area contributed by atoms with Gasteiger partial charge in [-0.25, -0.2) is 4.79 Å². The number of amides is 1. The van der Waals surface area contributed by atoms with Crippen LogP contribution in [-0.2, 0) is 4.74 Å². The lowest BCUT2D eigenvalue weighted by atomic mass is 9.96. The van der Waals surface area contributed by atoms with E-state index in [-0.39, 0.29) is 18.1 Å². The molecular weight excluding hydrogens is 352 g/mol. The molecule has 0 spiro atoms. The SMILES string of the molecule is CC(C)N=CC(CN1CCN(C(=O)OC(C)(C)C)CC1)C(=N)c1ccccc1. The number of nitrogens with one attached hydrogen (secondary N) is 1. The highest BCUT2D eigenvalue weighted by molar-refractivity contribution is 6.08. The molecule has 6 nitrogen and oxygen atoms in total. The summed E-state index contributed by atoms with van der Waals surface area (Å²) in [5.74, 6) is -0.0714. The maximum atomic E-state index is 12.2. The minimum atomic E-state index is -0.475. The van der Waals surface area contributed by atoms with Gasteiger partial charge in [-0.15, -0.1) is 0 Å². The highest BCUT2D eigenvalue weighted by Gasteiger charge is 2.27. The van der Waals surface area contributed by atoms with Gasteiger partial charge in [0.2, 0.25) is 0 Å². The monoisotopic (exact) mass is 386 g/mol. The number of hydrogen-bond donors (Lipinski definition) is 1. The van der Waals surface area contributed by atoms with Crippen LogP contribution in [0.1, 0.15) is 40.2 Å². The molecule has 1 heterocycles. The van der Waals surface area contributed by atoms with Crippen LogP contribution in [-0.4, -0.2) is 72.2 Å². The van der Waals surface area contributed by atoms with Crippen molar-refractivity contribution in [1.29, 1.82) is 5.41 Å². The molecule has 0 aliphatic carbocycles. The van der Waals surface area contributed by atoms with Crippen molar-refractivity contribution in [2.24, 2.45) is 10.9 Å². The summed E-state index contributed by atoms with van der Waals surface area (Å²) < 4.78 is 5.47. The van der Waals surface area contributed by atoms with Gasteiger partial charge >= 0.3 is 6.09 Å². The Morgan fingerprint density at radius 2 is 1.79 bits per heavy atom. The molecule has 0 saturated carbocycles. The highest BCUT2D eigenvalue weighted by Crippen LogP contribution is 2.14. The average molecular weight is 387 g/mol. The fraction of sp³-hybridized carbons (Fsp3) is 0.591. The van der Waals surface area contributed by atoms with Crippen LogP contribution in [0.15, 0.2) is 35.3 Å². The normalized spacial score (nSPS) is 17.1. The first-order valence-corrected chi connectivity index (χ1v) is 10.0. The molecule has 1 aliphatic rings. The van der Waals surface area contributed by atoms with E-state index in [1.54, 1.807) is 4.90 Å². The molecule has 1 saturated heterocycles. The molecule has 1 aromatic carbocycles. The fourth-order valence-corrected chi connectivity index (χ4v) is 3.04. The Bertz CT molecular complexity index is 672. The van der Waals surface area contributed by atoms with Crippen LogP contribution >= 0.6 is 0 Å². The summed E-state index contributed by atoms with van der Waals surface area (Å²) in [6.07, 6.45) is 1.67. The van der Waals surface area contributed by atoms with Crippen LogP contribution in [0.4, 0.5) is 4.79 Å². The third kappa shape index (κ3) is 7.08. The molecule has 2 rings (SSSR count). The van der Waals surface area contributed by atoms with Gasteiger partial charge in [-0.05, 0) is 40.2 Å². The van der Waals surface area contributed by atoms with Crippen molar-refractivity contribution in [3.63, 3.8) is 0 Å². The standard InChI is InChI=1S/C22H34N4O2/c1-17(2)24-15-19(20(23)18-9-7-6-8-10-18)16-25-11-13-26(14-12-25)21(27)28-22(3,4)5/h6-10,15,17,19,23H,11-14,16H2,1-5H3. The number of nitrogens with zero attached hydrogens (tertiary/aromatic N) is 3. The lowest BCUT2D eigenvalue weighted by Crippen LogP contribution is -2.51. The molecule has 28 heavy (non-hydrogen) atoms. The predicted octanol–water partition coefficient (Wildman–Crippen LogP) is 3.70. The van der Waals surface area contributed by atoms with Crippen molar-refractivity contribution in [3.05, 3.63) is 35.9 Å². The third-order valence-corrected chi connectivity index (χ3v) is 4.50. The van der Waals surface area contributed by atoms with Crippen molar-refractivity contribution in [3.8, 4) is 0 Å². The van der Waals surface area contributed by atoms with Gasteiger partial charge in [0.05, 0.1) is 0 Å². The maximum absolute atomic E-state index is 12.2. The van der Waals surface area contributed by atoms with Crippen LogP contribution < -0.4 is 0 Å². The van der Waals surface area contributed by atoms with Crippen LogP contribution in [0, 0.1) is 11.3 Å². The van der Waals surface area contributed by atoms with Gasteiger partial charge in [-0.1, -0.05) is 30.3 Å². The van der Waals surface area contributed by atoms with Crippen molar-refractivity contribution in [1.82, 2.24) is 9.80 Å². The quantitative estimate of drug-likeness (QED) is 0.758. The Morgan fingerprint density at radius 1 is 1.18 bits per heavy atom. The van der Waals surface area contributed by atoms with E-state index in [1.807, 2.05) is 71.2 Å². The molecule has 1 fully saturated rings. The minimum Gasteiger partial charge on any atom is -0.444 e.